The number of rotatable bonds is 6. The third kappa shape index (κ3) is 3.99. The van der Waals surface area contributed by atoms with Crippen LogP contribution in [0, 0.1) is 16.0 Å². The van der Waals surface area contributed by atoms with Crippen LogP contribution in [0.4, 0.5) is 11.4 Å². The highest BCUT2D eigenvalue weighted by Crippen LogP contribution is 2.34. The van der Waals surface area contributed by atoms with Crippen molar-refractivity contribution in [2.45, 2.75) is 25.2 Å². The van der Waals surface area contributed by atoms with Gasteiger partial charge in [0.15, 0.2) is 0 Å². The Hall–Kier alpha value is -2.96. The van der Waals surface area contributed by atoms with Crippen molar-refractivity contribution in [3.63, 3.8) is 0 Å². The maximum absolute atomic E-state index is 11.9. The van der Waals surface area contributed by atoms with Gasteiger partial charge < -0.3 is 10.6 Å². The molecule has 0 bridgehead atoms. The molecular formula is C19H22N4O3. The van der Waals surface area contributed by atoms with Crippen molar-refractivity contribution in [3.8, 4) is 0 Å². The number of nitrogens with zero attached hydrogens (tertiary/aromatic N) is 3. The van der Waals surface area contributed by atoms with Crippen LogP contribution in [0.15, 0.2) is 48.8 Å². The molecule has 136 valence electrons. The summed E-state index contributed by atoms with van der Waals surface area (Å²) in [6.07, 6.45) is 5.79. The lowest BCUT2D eigenvalue weighted by Crippen LogP contribution is -2.35. The number of benzene rings is 1. The summed E-state index contributed by atoms with van der Waals surface area (Å²) in [6.45, 7) is 1.46. The van der Waals surface area contributed by atoms with Gasteiger partial charge >= 0.3 is 0 Å². The minimum atomic E-state index is -0.341. The number of hydrogen-bond donors (Lipinski definition) is 1. The van der Waals surface area contributed by atoms with Gasteiger partial charge in [-0.3, -0.25) is 19.9 Å². The Balaban J connectivity index is 1.65. The molecule has 0 aliphatic carbocycles. The fraction of sp³-hybridized carbons (Fsp3) is 0.368. The number of anilines is 1. The Bertz CT molecular complexity index is 773. The van der Waals surface area contributed by atoms with Gasteiger partial charge in [-0.25, -0.2) is 0 Å². The molecule has 0 saturated carbocycles. The van der Waals surface area contributed by atoms with E-state index >= 15 is 0 Å². The van der Waals surface area contributed by atoms with Crippen molar-refractivity contribution in [1.29, 1.82) is 0 Å². The molecule has 1 amide bonds. The minimum absolute atomic E-state index is 0.135. The van der Waals surface area contributed by atoms with Crippen LogP contribution in [-0.2, 0) is 4.79 Å². The molecule has 26 heavy (non-hydrogen) atoms. The smallest absolute Gasteiger partial charge is 0.292 e. The van der Waals surface area contributed by atoms with Gasteiger partial charge in [-0.1, -0.05) is 18.2 Å². The van der Waals surface area contributed by atoms with Crippen LogP contribution in [0.1, 0.15) is 30.7 Å². The molecule has 2 heterocycles. The molecule has 1 unspecified atom stereocenters. The highest BCUT2D eigenvalue weighted by Gasteiger charge is 2.28. The summed E-state index contributed by atoms with van der Waals surface area (Å²) in [7, 11) is 0. The number of hydrogen-bond acceptors (Lipinski definition) is 5. The second-order valence-electron chi connectivity index (χ2n) is 6.65. The summed E-state index contributed by atoms with van der Waals surface area (Å²) in [5.74, 6) is -0.322. The molecule has 1 aliphatic heterocycles. The van der Waals surface area contributed by atoms with Gasteiger partial charge in [-0.2, -0.15) is 0 Å². The van der Waals surface area contributed by atoms with E-state index in [0.717, 1.165) is 31.5 Å². The van der Waals surface area contributed by atoms with Crippen LogP contribution in [0.2, 0.25) is 0 Å². The maximum Gasteiger partial charge on any atom is 0.292 e. The topological polar surface area (TPSA) is 102 Å². The van der Waals surface area contributed by atoms with Gasteiger partial charge in [0.25, 0.3) is 5.69 Å². The Morgan fingerprint density at radius 2 is 2.00 bits per heavy atom. The highest BCUT2D eigenvalue weighted by molar-refractivity contribution is 5.81. The molecule has 7 nitrogen and oxygen atoms in total. The number of pyridine rings is 1. The van der Waals surface area contributed by atoms with Crippen molar-refractivity contribution >= 4 is 17.3 Å². The van der Waals surface area contributed by atoms with E-state index in [1.54, 1.807) is 24.5 Å². The van der Waals surface area contributed by atoms with Crippen LogP contribution < -0.4 is 10.6 Å². The summed E-state index contributed by atoms with van der Waals surface area (Å²) in [5.41, 5.74) is 7.25. The molecule has 1 aromatic carbocycles. The minimum Gasteiger partial charge on any atom is -0.369 e. The Kier molecular flexibility index (Phi) is 5.46. The first-order chi connectivity index (χ1) is 12.6. The zero-order valence-electron chi connectivity index (χ0n) is 14.5. The number of aromatic nitrogens is 1. The van der Waals surface area contributed by atoms with Gasteiger partial charge in [0, 0.05) is 31.5 Å². The van der Waals surface area contributed by atoms with E-state index in [2.05, 4.69) is 9.88 Å². The van der Waals surface area contributed by atoms with Crippen molar-refractivity contribution in [3.05, 3.63) is 64.5 Å². The van der Waals surface area contributed by atoms with E-state index in [1.165, 1.54) is 6.07 Å². The average molecular weight is 354 g/mol. The van der Waals surface area contributed by atoms with Crippen molar-refractivity contribution < 1.29 is 9.72 Å². The molecule has 0 radical (unpaired) electrons. The zero-order valence-corrected chi connectivity index (χ0v) is 14.5. The number of para-hydroxylation sites is 2. The number of nitro groups is 1. The molecule has 1 saturated heterocycles. The number of piperidine rings is 1. The standard InChI is InChI=1S/C19H22N4O3/c20-19(24)16(15-4-3-9-21-13-15)12-14-7-10-22(11-8-14)17-5-1-2-6-18(17)23(25)26/h1-6,9,13-14,16H,7-8,10-12H2,(H2,20,24). The van der Waals surface area contributed by atoms with Crippen LogP contribution in [0.5, 0.6) is 0 Å². The Morgan fingerprint density at radius 3 is 2.62 bits per heavy atom. The number of nitrogens with two attached hydrogens (primary N) is 1. The summed E-state index contributed by atoms with van der Waals surface area (Å²) >= 11 is 0. The fourth-order valence-electron chi connectivity index (χ4n) is 3.63. The molecule has 1 fully saturated rings. The normalized spacial score (nSPS) is 16.2. The van der Waals surface area contributed by atoms with E-state index < -0.39 is 0 Å². The number of nitro benzene ring substituents is 1. The predicted molar refractivity (Wildman–Crippen MR) is 98.8 cm³/mol. The first-order valence-electron chi connectivity index (χ1n) is 8.74. The van der Waals surface area contributed by atoms with Gasteiger partial charge in [-0.05, 0) is 42.9 Å². The average Bonchev–Trinajstić information content (AvgIpc) is 2.67. The lowest BCUT2D eigenvalue weighted by atomic mass is 9.84. The van der Waals surface area contributed by atoms with Crippen LogP contribution in [0.25, 0.3) is 0 Å². The van der Waals surface area contributed by atoms with E-state index in [-0.39, 0.29) is 22.4 Å². The summed E-state index contributed by atoms with van der Waals surface area (Å²) in [6, 6.07) is 10.5. The van der Waals surface area contributed by atoms with Crippen LogP contribution >= 0.6 is 0 Å². The van der Waals surface area contributed by atoms with E-state index in [4.69, 9.17) is 5.73 Å². The van der Waals surface area contributed by atoms with Gasteiger partial charge in [0.1, 0.15) is 5.69 Å². The second kappa shape index (κ2) is 7.95. The van der Waals surface area contributed by atoms with Gasteiger partial charge in [0.2, 0.25) is 5.91 Å². The predicted octanol–water partition coefficient (Wildman–Crippen LogP) is 2.87. The summed E-state index contributed by atoms with van der Waals surface area (Å²) < 4.78 is 0. The molecule has 2 aromatic rings. The lowest BCUT2D eigenvalue weighted by molar-refractivity contribution is -0.384. The Morgan fingerprint density at radius 1 is 1.27 bits per heavy atom. The van der Waals surface area contributed by atoms with Crippen LogP contribution in [0.3, 0.4) is 0 Å². The third-order valence-corrected chi connectivity index (χ3v) is 5.03. The monoisotopic (exact) mass is 354 g/mol. The molecule has 0 spiro atoms. The summed E-state index contributed by atoms with van der Waals surface area (Å²) in [5, 5.41) is 11.2. The maximum atomic E-state index is 11.9. The van der Waals surface area contributed by atoms with Crippen LogP contribution in [-0.4, -0.2) is 28.9 Å². The zero-order chi connectivity index (χ0) is 18.5. The molecular weight excluding hydrogens is 332 g/mol. The summed E-state index contributed by atoms with van der Waals surface area (Å²) in [4.78, 5) is 28.9. The number of primary amides is 1. The van der Waals surface area contributed by atoms with E-state index in [1.807, 2.05) is 18.2 Å². The quantitative estimate of drug-likeness (QED) is 0.635. The number of amides is 1. The Labute approximate surface area is 152 Å². The van der Waals surface area contributed by atoms with Crippen molar-refractivity contribution in [1.82, 2.24) is 4.98 Å². The molecule has 1 atom stereocenters. The van der Waals surface area contributed by atoms with Gasteiger partial charge in [0.05, 0.1) is 10.8 Å². The van der Waals surface area contributed by atoms with Gasteiger partial charge in [-0.15, -0.1) is 0 Å². The third-order valence-electron chi connectivity index (χ3n) is 5.03. The molecule has 1 aromatic heterocycles. The van der Waals surface area contributed by atoms with E-state index in [9.17, 15) is 14.9 Å². The van der Waals surface area contributed by atoms with Crippen molar-refractivity contribution in [2.75, 3.05) is 18.0 Å². The molecule has 2 N–H and O–H groups in total. The SMILES string of the molecule is NC(=O)C(CC1CCN(c2ccccc2[N+](=O)[O-])CC1)c1cccnc1. The molecule has 7 heteroatoms. The second-order valence-corrected chi connectivity index (χ2v) is 6.65. The first kappa shape index (κ1) is 17.8. The first-order valence-corrected chi connectivity index (χ1v) is 8.74. The number of carbonyl (C=O) groups is 1. The highest BCUT2D eigenvalue weighted by atomic mass is 16.6. The van der Waals surface area contributed by atoms with Crippen molar-refractivity contribution in [2.24, 2.45) is 11.7 Å². The number of carbonyl (C=O) groups excluding carboxylic acids is 1. The lowest BCUT2D eigenvalue weighted by Gasteiger charge is -2.34. The molecule has 3 rings (SSSR count). The largest absolute Gasteiger partial charge is 0.369 e. The van der Waals surface area contributed by atoms with E-state index in [0.29, 0.717) is 18.0 Å². The molecule has 1 aliphatic rings. The fourth-order valence-corrected chi connectivity index (χ4v) is 3.63.